The fraction of sp³-hybridized carbons (Fsp3) is 0.300. The maximum Gasteiger partial charge on any atom is 0.415 e. The fourth-order valence-corrected chi connectivity index (χ4v) is 5.46. The molecule has 3 aromatic rings. The van der Waals surface area contributed by atoms with Crippen molar-refractivity contribution in [2.75, 3.05) is 47.1 Å². The van der Waals surface area contributed by atoms with Crippen molar-refractivity contribution >= 4 is 40.6 Å². The zero-order valence-corrected chi connectivity index (χ0v) is 23.8. The van der Waals surface area contributed by atoms with Gasteiger partial charge in [-0.1, -0.05) is 6.07 Å². The number of thiazole rings is 1. The number of fused-ring (bicyclic) bond motifs is 1. The number of methoxy groups -OCH3 is 2. The minimum atomic E-state index is -0.511. The lowest BCUT2D eigenvalue weighted by Gasteiger charge is -2.26. The molecule has 5 rings (SSSR count). The average molecular weight is 580 g/mol. The Bertz CT molecular complexity index is 1490. The van der Waals surface area contributed by atoms with E-state index in [-0.39, 0.29) is 30.4 Å². The van der Waals surface area contributed by atoms with E-state index in [1.807, 2.05) is 13.0 Å². The molecular weight excluding hydrogens is 549 g/mol. The van der Waals surface area contributed by atoms with E-state index in [1.165, 1.54) is 37.7 Å². The predicted octanol–water partition coefficient (Wildman–Crippen LogP) is 4.82. The van der Waals surface area contributed by atoms with Crippen molar-refractivity contribution in [3.05, 3.63) is 75.0 Å². The van der Waals surface area contributed by atoms with Gasteiger partial charge < -0.3 is 29.2 Å². The Morgan fingerprint density at radius 1 is 1.12 bits per heavy atom. The van der Waals surface area contributed by atoms with Gasteiger partial charge in [0.2, 0.25) is 11.7 Å². The second-order valence-corrected chi connectivity index (χ2v) is 10.5. The zero-order chi connectivity index (χ0) is 28.9. The van der Waals surface area contributed by atoms with Crippen LogP contribution in [0, 0.1) is 5.82 Å². The van der Waals surface area contributed by atoms with E-state index in [9.17, 15) is 14.0 Å². The molecule has 2 aliphatic rings. The summed E-state index contributed by atoms with van der Waals surface area (Å²) in [6.07, 6.45) is 3.34. The highest BCUT2D eigenvalue weighted by Gasteiger charge is 2.26. The maximum absolute atomic E-state index is 14.3. The van der Waals surface area contributed by atoms with Gasteiger partial charge in [-0.25, -0.2) is 9.18 Å². The third-order valence-corrected chi connectivity index (χ3v) is 7.77. The SMILES string of the molecule is COc1cc(/C=C2/C(C)=C(CNC(=O)Cc3cncs3)c3cc(F)ccc32)cc(OC)c1OC(=O)N1CCOCC1. The number of rotatable bonds is 8. The standard InChI is InChI=1S/C30H30FN3O6S/c1-18-23(22-5-4-20(31)13-24(22)25(18)16-33-28(35)14-21-15-32-17-41-21)10-19-11-26(37-2)29(27(12-19)38-3)40-30(36)34-6-8-39-9-7-34/h4-5,10-13,15,17H,6-9,14,16H2,1-3H3,(H,33,35)/b23-10-. The quantitative estimate of drug-likeness (QED) is 0.409. The summed E-state index contributed by atoms with van der Waals surface area (Å²) in [5.74, 6) is 0.335. The van der Waals surface area contributed by atoms with Crippen LogP contribution in [0.15, 0.2) is 47.6 Å². The topological polar surface area (TPSA) is 99.2 Å². The molecule has 0 saturated carbocycles. The Kier molecular flexibility index (Phi) is 8.65. The highest BCUT2D eigenvalue weighted by molar-refractivity contribution is 7.09. The van der Waals surface area contributed by atoms with Gasteiger partial charge in [0.15, 0.2) is 11.5 Å². The van der Waals surface area contributed by atoms with Crippen molar-refractivity contribution in [2.24, 2.45) is 0 Å². The molecule has 2 aromatic carbocycles. The van der Waals surface area contributed by atoms with E-state index in [4.69, 9.17) is 18.9 Å². The summed E-state index contributed by atoms with van der Waals surface area (Å²) >= 11 is 1.42. The first kappa shape index (κ1) is 28.3. The van der Waals surface area contributed by atoms with Crippen LogP contribution in [0.5, 0.6) is 17.2 Å². The summed E-state index contributed by atoms with van der Waals surface area (Å²) in [5.41, 5.74) is 6.59. The number of carbonyl (C=O) groups excluding carboxylic acids is 2. The van der Waals surface area contributed by atoms with Gasteiger partial charge in [-0.15, -0.1) is 11.3 Å². The summed E-state index contributed by atoms with van der Waals surface area (Å²) < 4.78 is 36.5. The molecule has 2 heterocycles. The average Bonchev–Trinajstić information content (AvgIpc) is 3.58. The van der Waals surface area contributed by atoms with Crippen molar-refractivity contribution < 1.29 is 32.9 Å². The molecule has 2 amide bonds. The molecule has 1 fully saturated rings. The molecule has 11 heteroatoms. The van der Waals surface area contributed by atoms with Crippen molar-refractivity contribution in [3.63, 3.8) is 0 Å². The summed E-state index contributed by atoms with van der Waals surface area (Å²) in [6, 6.07) is 8.14. The molecule has 0 bridgehead atoms. The summed E-state index contributed by atoms with van der Waals surface area (Å²) in [5, 5.41) is 2.96. The van der Waals surface area contributed by atoms with Gasteiger partial charge in [0.1, 0.15) is 5.82 Å². The van der Waals surface area contributed by atoms with E-state index in [0.29, 0.717) is 37.8 Å². The van der Waals surface area contributed by atoms with Crippen LogP contribution in [0.1, 0.15) is 28.5 Å². The molecule has 0 radical (unpaired) electrons. The van der Waals surface area contributed by atoms with Gasteiger partial charge in [0.05, 0.1) is 39.4 Å². The molecule has 1 aliphatic carbocycles. The highest BCUT2D eigenvalue weighted by atomic mass is 32.1. The number of benzene rings is 2. The molecule has 1 saturated heterocycles. The van der Waals surface area contributed by atoms with Gasteiger partial charge in [-0.3, -0.25) is 9.78 Å². The number of halogens is 1. The second-order valence-electron chi connectivity index (χ2n) is 9.49. The molecule has 0 atom stereocenters. The van der Waals surface area contributed by atoms with Gasteiger partial charge in [0.25, 0.3) is 0 Å². The number of nitrogens with one attached hydrogen (secondary N) is 1. The highest BCUT2D eigenvalue weighted by Crippen LogP contribution is 2.44. The summed E-state index contributed by atoms with van der Waals surface area (Å²) in [4.78, 5) is 31.8. The van der Waals surface area contributed by atoms with Crippen molar-refractivity contribution in [3.8, 4) is 17.2 Å². The van der Waals surface area contributed by atoms with Crippen molar-refractivity contribution in [1.82, 2.24) is 15.2 Å². The lowest BCUT2D eigenvalue weighted by molar-refractivity contribution is -0.120. The largest absolute Gasteiger partial charge is 0.493 e. The number of hydrogen-bond acceptors (Lipinski definition) is 8. The summed E-state index contributed by atoms with van der Waals surface area (Å²) in [6.45, 7) is 3.97. The first-order valence-corrected chi connectivity index (χ1v) is 13.9. The maximum atomic E-state index is 14.3. The Balaban J connectivity index is 1.44. The Labute approximate surface area is 241 Å². The van der Waals surface area contributed by atoms with Crippen molar-refractivity contribution in [1.29, 1.82) is 0 Å². The van der Waals surface area contributed by atoms with Crippen LogP contribution in [-0.2, 0) is 16.0 Å². The van der Waals surface area contributed by atoms with Crippen LogP contribution < -0.4 is 19.5 Å². The van der Waals surface area contributed by atoms with Crippen LogP contribution in [0.2, 0.25) is 0 Å². The van der Waals surface area contributed by atoms with E-state index in [1.54, 1.807) is 34.8 Å². The summed E-state index contributed by atoms with van der Waals surface area (Å²) in [7, 11) is 2.98. The second kappa shape index (κ2) is 12.5. The van der Waals surface area contributed by atoms with E-state index >= 15 is 0 Å². The van der Waals surface area contributed by atoms with E-state index in [0.717, 1.165) is 38.3 Å². The van der Waals surface area contributed by atoms with Crippen LogP contribution in [-0.4, -0.2) is 69.0 Å². The molecule has 0 spiro atoms. The molecule has 1 aliphatic heterocycles. The number of morpholine rings is 1. The number of hydrogen-bond donors (Lipinski definition) is 1. The minimum absolute atomic E-state index is 0.137. The lowest BCUT2D eigenvalue weighted by Crippen LogP contribution is -2.42. The first-order valence-electron chi connectivity index (χ1n) is 13.0. The van der Waals surface area contributed by atoms with Gasteiger partial charge in [-0.05, 0) is 70.7 Å². The number of nitrogens with zero attached hydrogens (tertiary/aromatic N) is 2. The normalized spacial score (nSPS) is 15.6. The molecule has 214 valence electrons. The van der Waals surface area contributed by atoms with Gasteiger partial charge >= 0.3 is 6.09 Å². The lowest BCUT2D eigenvalue weighted by atomic mass is 10.00. The van der Waals surface area contributed by atoms with E-state index < -0.39 is 6.09 Å². The number of allylic oxidation sites excluding steroid dienone is 2. The number of ether oxygens (including phenoxy) is 4. The Hall–Kier alpha value is -4.22. The molecule has 1 N–H and O–H groups in total. The predicted molar refractivity (Wildman–Crippen MR) is 154 cm³/mol. The molecular formula is C30H30FN3O6S. The van der Waals surface area contributed by atoms with Crippen LogP contribution in [0.25, 0.3) is 17.2 Å². The monoisotopic (exact) mass is 579 g/mol. The number of carbonyl (C=O) groups is 2. The Morgan fingerprint density at radius 3 is 2.51 bits per heavy atom. The van der Waals surface area contributed by atoms with Gasteiger partial charge in [-0.2, -0.15) is 0 Å². The smallest absolute Gasteiger partial charge is 0.415 e. The fourth-order valence-electron chi connectivity index (χ4n) is 4.87. The van der Waals surface area contributed by atoms with Crippen molar-refractivity contribution in [2.45, 2.75) is 13.3 Å². The zero-order valence-electron chi connectivity index (χ0n) is 23.0. The van der Waals surface area contributed by atoms with Crippen LogP contribution in [0.3, 0.4) is 0 Å². The number of aromatic nitrogens is 1. The minimum Gasteiger partial charge on any atom is -0.493 e. The molecule has 41 heavy (non-hydrogen) atoms. The van der Waals surface area contributed by atoms with Crippen LogP contribution in [0.4, 0.5) is 9.18 Å². The van der Waals surface area contributed by atoms with Gasteiger partial charge in [0, 0.05) is 30.7 Å². The molecule has 1 aromatic heterocycles. The number of amides is 2. The molecule has 9 nitrogen and oxygen atoms in total. The first-order chi connectivity index (χ1) is 19.9. The van der Waals surface area contributed by atoms with E-state index in [2.05, 4.69) is 10.3 Å². The third kappa shape index (κ3) is 6.26. The van der Waals surface area contributed by atoms with Crippen LogP contribution >= 0.6 is 11.3 Å². The Morgan fingerprint density at radius 2 is 1.85 bits per heavy atom. The third-order valence-electron chi connectivity index (χ3n) is 6.99. The molecule has 0 unspecified atom stereocenters.